The number of rotatable bonds is 4. The van der Waals surface area contributed by atoms with E-state index in [1.54, 1.807) is 11.9 Å². The van der Waals surface area contributed by atoms with Gasteiger partial charge in [-0.25, -0.2) is 0 Å². The van der Waals surface area contributed by atoms with E-state index in [0.717, 1.165) is 0 Å². The fourth-order valence-electron chi connectivity index (χ4n) is 2.69. The largest absolute Gasteiger partial charge is 0.483 e. The van der Waals surface area contributed by atoms with Gasteiger partial charge in [0.25, 0.3) is 6.47 Å². The van der Waals surface area contributed by atoms with Crippen molar-refractivity contribution in [2.45, 2.75) is 32.6 Å². The zero-order chi connectivity index (χ0) is 19.1. The van der Waals surface area contributed by atoms with Crippen LogP contribution in [-0.2, 0) is 4.79 Å². The highest BCUT2D eigenvalue weighted by atomic mass is 32.2. The van der Waals surface area contributed by atoms with Crippen molar-refractivity contribution in [2.24, 2.45) is 0 Å². The molecular weight excluding hydrogens is 362 g/mol. The molecule has 5 heteroatoms. The van der Waals surface area contributed by atoms with Crippen molar-refractivity contribution >= 4 is 35.4 Å². The predicted molar refractivity (Wildman–Crippen MR) is 113 cm³/mol. The summed E-state index contributed by atoms with van der Waals surface area (Å²) in [7, 11) is 0. The number of hydrogen-bond acceptors (Lipinski definition) is 4. The van der Waals surface area contributed by atoms with Gasteiger partial charge in [0, 0.05) is 14.6 Å². The van der Waals surface area contributed by atoms with Gasteiger partial charge in [0.05, 0.1) is 5.69 Å². The van der Waals surface area contributed by atoms with Gasteiger partial charge in [-0.15, -0.1) is 11.3 Å². The van der Waals surface area contributed by atoms with Gasteiger partial charge in [0.2, 0.25) is 0 Å². The Hall–Kier alpha value is -2.24. The fraction of sp³-hybridized carbons (Fsp3) is 0.190. The summed E-state index contributed by atoms with van der Waals surface area (Å²) in [5.41, 5.74) is 6.50. The number of benzene rings is 2. The molecule has 2 N–H and O–H groups in total. The number of carboxylic acid groups (broad SMARTS) is 1. The van der Waals surface area contributed by atoms with E-state index in [2.05, 4.69) is 80.9 Å². The summed E-state index contributed by atoms with van der Waals surface area (Å²) in [6.07, 6.45) is 0. The highest BCUT2D eigenvalue weighted by Gasteiger charge is 2.14. The molecule has 0 bridgehead atoms. The summed E-state index contributed by atoms with van der Waals surface area (Å²) < 4.78 is 3.58. The molecule has 3 rings (SSSR count). The van der Waals surface area contributed by atoms with E-state index in [1.807, 2.05) is 11.3 Å². The van der Waals surface area contributed by atoms with E-state index in [0.29, 0.717) is 0 Å². The van der Waals surface area contributed by atoms with Gasteiger partial charge >= 0.3 is 0 Å². The van der Waals surface area contributed by atoms with Crippen molar-refractivity contribution in [1.82, 2.24) is 0 Å². The minimum absolute atomic E-state index is 0.250. The summed E-state index contributed by atoms with van der Waals surface area (Å²) >= 11 is 3.56. The fourth-order valence-corrected chi connectivity index (χ4v) is 4.75. The van der Waals surface area contributed by atoms with Crippen LogP contribution in [0.15, 0.2) is 53.4 Å². The van der Waals surface area contributed by atoms with Gasteiger partial charge in [0.1, 0.15) is 0 Å². The van der Waals surface area contributed by atoms with Gasteiger partial charge < -0.3 is 9.83 Å². The smallest absolute Gasteiger partial charge is 0.290 e. The highest BCUT2D eigenvalue weighted by molar-refractivity contribution is 8.00. The number of aryl methyl sites for hydroxylation is 3. The van der Waals surface area contributed by atoms with Crippen molar-refractivity contribution in [3.63, 3.8) is 0 Å². The Bertz CT molecular complexity index is 873. The Kier molecular flexibility index (Phi) is 7.30. The third-order valence-corrected chi connectivity index (χ3v) is 6.19. The molecule has 0 unspecified atom stereocenters. The molecular formula is C21H23NO2S2. The summed E-state index contributed by atoms with van der Waals surface area (Å²) in [6.45, 7) is 8.44. The quantitative estimate of drug-likeness (QED) is 0.399. The summed E-state index contributed by atoms with van der Waals surface area (Å²) in [5.74, 6) is 0. The lowest BCUT2D eigenvalue weighted by molar-refractivity contribution is -0.122. The van der Waals surface area contributed by atoms with Crippen molar-refractivity contribution in [1.29, 1.82) is 0 Å². The Balaban J connectivity index is 0.000000758. The lowest BCUT2D eigenvalue weighted by atomic mass is 10.1. The molecule has 3 aromatic rings. The van der Waals surface area contributed by atoms with Gasteiger partial charge in [-0.3, -0.25) is 4.79 Å². The van der Waals surface area contributed by atoms with E-state index in [4.69, 9.17) is 9.90 Å². The molecule has 0 fully saturated rings. The molecule has 0 saturated carbocycles. The lowest BCUT2D eigenvalue weighted by Crippen LogP contribution is -1.91. The Morgan fingerprint density at radius 1 is 1.04 bits per heavy atom. The first kappa shape index (κ1) is 20.1. The molecule has 2 aromatic carbocycles. The van der Waals surface area contributed by atoms with Gasteiger partial charge in [-0.2, -0.15) is 0 Å². The molecule has 1 heterocycles. The van der Waals surface area contributed by atoms with Crippen LogP contribution >= 0.6 is 23.3 Å². The van der Waals surface area contributed by atoms with Gasteiger partial charge in [-0.1, -0.05) is 48.0 Å². The molecule has 136 valence electrons. The van der Waals surface area contributed by atoms with Gasteiger partial charge in [0.15, 0.2) is 0 Å². The van der Waals surface area contributed by atoms with Crippen LogP contribution in [0.5, 0.6) is 0 Å². The molecule has 0 saturated heterocycles. The van der Waals surface area contributed by atoms with Crippen LogP contribution < -0.4 is 4.72 Å². The molecule has 0 atom stereocenters. The number of carbonyl (C=O) groups is 1. The number of anilines is 1. The van der Waals surface area contributed by atoms with Crippen LogP contribution in [0.1, 0.15) is 21.6 Å². The molecule has 26 heavy (non-hydrogen) atoms. The Labute approximate surface area is 163 Å². The molecule has 0 amide bonds. The SMILES string of the molecule is Cc1ccc(SNc2c(C)sc(-c3ccccc3)c2C)c(C)c1.O=CO. The number of nitrogens with one attached hydrogen (secondary N) is 1. The minimum atomic E-state index is -0.250. The van der Waals surface area contributed by atoms with E-state index in [9.17, 15) is 0 Å². The molecule has 0 aliphatic heterocycles. The predicted octanol–water partition coefficient (Wildman–Crippen LogP) is 6.47. The first-order valence-electron chi connectivity index (χ1n) is 8.21. The second kappa shape index (κ2) is 9.46. The Morgan fingerprint density at radius 3 is 2.31 bits per heavy atom. The summed E-state index contributed by atoms with van der Waals surface area (Å²) in [6, 6.07) is 17.2. The number of thiophene rings is 1. The maximum Gasteiger partial charge on any atom is 0.290 e. The third-order valence-electron chi connectivity index (χ3n) is 3.95. The van der Waals surface area contributed by atoms with Crippen LogP contribution in [0.2, 0.25) is 0 Å². The summed E-state index contributed by atoms with van der Waals surface area (Å²) in [5, 5.41) is 6.89. The minimum Gasteiger partial charge on any atom is -0.483 e. The van der Waals surface area contributed by atoms with Crippen molar-refractivity contribution in [3.05, 3.63) is 70.1 Å². The molecule has 0 spiro atoms. The summed E-state index contributed by atoms with van der Waals surface area (Å²) in [4.78, 5) is 12.3. The second-order valence-electron chi connectivity index (χ2n) is 5.93. The van der Waals surface area contributed by atoms with E-state index in [1.165, 1.54) is 42.6 Å². The highest BCUT2D eigenvalue weighted by Crippen LogP contribution is 2.41. The topological polar surface area (TPSA) is 49.3 Å². The van der Waals surface area contributed by atoms with E-state index >= 15 is 0 Å². The van der Waals surface area contributed by atoms with Crippen molar-refractivity contribution in [2.75, 3.05) is 4.72 Å². The zero-order valence-electron chi connectivity index (χ0n) is 15.4. The van der Waals surface area contributed by atoms with E-state index in [-0.39, 0.29) is 6.47 Å². The van der Waals surface area contributed by atoms with Crippen LogP contribution in [0.4, 0.5) is 5.69 Å². The monoisotopic (exact) mass is 385 g/mol. The van der Waals surface area contributed by atoms with Gasteiger partial charge in [-0.05, 0) is 62.4 Å². The van der Waals surface area contributed by atoms with E-state index < -0.39 is 0 Å². The first-order chi connectivity index (χ1) is 12.5. The van der Waals surface area contributed by atoms with Crippen LogP contribution in [0.25, 0.3) is 10.4 Å². The van der Waals surface area contributed by atoms with Crippen molar-refractivity contribution < 1.29 is 9.90 Å². The van der Waals surface area contributed by atoms with Crippen molar-refractivity contribution in [3.8, 4) is 10.4 Å². The Morgan fingerprint density at radius 2 is 1.69 bits per heavy atom. The third kappa shape index (κ3) is 4.90. The first-order valence-corrected chi connectivity index (χ1v) is 9.84. The molecule has 1 aromatic heterocycles. The molecule has 0 aliphatic carbocycles. The van der Waals surface area contributed by atoms with Crippen LogP contribution in [0.3, 0.4) is 0 Å². The molecule has 3 nitrogen and oxygen atoms in total. The number of hydrogen-bond donors (Lipinski definition) is 2. The average molecular weight is 386 g/mol. The zero-order valence-corrected chi connectivity index (χ0v) is 17.0. The van der Waals surface area contributed by atoms with Crippen LogP contribution in [0, 0.1) is 27.7 Å². The standard InChI is InChI=1S/C20H21NS2.CH2O2/c1-13-10-11-18(14(2)12-13)23-21-19-15(3)20(22-16(19)4)17-8-6-5-7-9-17;2-1-3/h5-12,21H,1-4H3;1H,(H,2,3). The average Bonchev–Trinajstić information content (AvgIpc) is 2.90. The maximum atomic E-state index is 8.36. The molecule has 0 aliphatic rings. The lowest BCUT2D eigenvalue weighted by Gasteiger charge is -2.10. The maximum absolute atomic E-state index is 8.36. The second-order valence-corrected chi connectivity index (χ2v) is 8.00. The normalized spacial score (nSPS) is 10.0. The van der Waals surface area contributed by atoms with Crippen LogP contribution in [-0.4, -0.2) is 11.6 Å². The molecule has 0 radical (unpaired) electrons.